The van der Waals surface area contributed by atoms with Crippen LogP contribution in [0.5, 0.6) is 11.8 Å². The summed E-state index contributed by atoms with van der Waals surface area (Å²) < 4.78 is 35.7. The maximum absolute atomic E-state index is 15.7. The van der Waals surface area contributed by atoms with Gasteiger partial charge in [-0.05, 0) is 48.6 Å². The molecule has 2 amide bonds. The summed E-state index contributed by atoms with van der Waals surface area (Å²) in [4.78, 5) is 46.4. The molecular weight excluding hydrogens is 1080 g/mol. The fourth-order valence-corrected chi connectivity index (χ4v) is 11.6. The van der Waals surface area contributed by atoms with Gasteiger partial charge in [0.15, 0.2) is 5.75 Å². The number of H-pyrrole nitrogens is 1. The zero-order chi connectivity index (χ0) is 55.2. The summed E-state index contributed by atoms with van der Waals surface area (Å²) in [6.07, 6.45) is 4.61. The number of halogens is 4. The lowest BCUT2D eigenvalue weighted by Gasteiger charge is -2.30. The van der Waals surface area contributed by atoms with Crippen LogP contribution in [0.4, 0.5) is 10.2 Å². The molecule has 0 unspecified atom stereocenters. The fraction of sp³-hybridized carbons (Fsp3) is 0.357. The number of likely N-dealkylation sites (tertiary alicyclic amines) is 1. The molecule has 7 atom stereocenters. The molecule has 5 N–H and O–H groups in total. The van der Waals surface area contributed by atoms with Crippen LogP contribution >= 0.6 is 34.8 Å². The Morgan fingerprint density at radius 3 is 2.43 bits per heavy atom. The van der Waals surface area contributed by atoms with Gasteiger partial charge in [0.1, 0.15) is 48.1 Å². The highest BCUT2D eigenvalue weighted by molar-refractivity contribution is 6.39. The van der Waals surface area contributed by atoms with Crippen LogP contribution in [0.15, 0.2) is 91.4 Å². The zero-order valence-corrected chi connectivity index (χ0v) is 45.7. The Morgan fingerprint density at radius 2 is 1.72 bits per heavy atom. The summed E-state index contributed by atoms with van der Waals surface area (Å²) in [6.45, 7) is 6.78. The number of rotatable bonds is 18. The summed E-state index contributed by atoms with van der Waals surface area (Å²) in [5.74, 6) is -1.08. The second-order valence-corrected chi connectivity index (χ2v) is 21.7. The first-order valence-electron chi connectivity index (χ1n) is 25.9. The molecule has 0 spiro atoms. The number of aromatic amines is 1. The molecule has 4 aromatic heterocycles. The highest BCUT2D eigenvalue weighted by Gasteiger charge is 2.44. The van der Waals surface area contributed by atoms with E-state index < -0.39 is 48.5 Å². The van der Waals surface area contributed by atoms with Crippen molar-refractivity contribution in [3.8, 4) is 45.4 Å². The van der Waals surface area contributed by atoms with Crippen LogP contribution in [0.3, 0.4) is 0 Å². The third-order valence-corrected chi connectivity index (χ3v) is 15.9. The van der Waals surface area contributed by atoms with Gasteiger partial charge in [-0.3, -0.25) is 19.7 Å². The smallest absolute Gasteiger partial charge is 0.319 e. The SMILES string of the molecule is CO[C@@H](C)COc1nc(N2C[C@@H]3C[C@H]2CN3)c2cc(Cl)c(-c3c(Cl)c(F)cc4[nH]ncc34)c(OCc3ccc(-c4cn([C@H](C(=O)N5C[C@H](O)C[C@H]5C(=O)N[C@@H](CO)c5ccc(-c6ncccc6Cl)cc5)C(C)C)nn4)cc3)c2n1. The number of hydrogen-bond donors (Lipinski definition) is 5. The van der Waals surface area contributed by atoms with Crippen molar-refractivity contribution in [2.24, 2.45) is 5.92 Å². The van der Waals surface area contributed by atoms with Gasteiger partial charge in [0, 0.05) is 90.5 Å². The van der Waals surface area contributed by atoms with Crippen LogP contribution in [0, 0.1) is 11.7 Å². The number of amides is 2. The van der Waals surface area contributed by atoms with E-state index in [4.69, 9.17) is 59.0 Å². The summed E-state index contributed by atoms with van der Waals surface area (Å²) in [6, 6.07) is 19.0. The molecule has 3 saturated heterocycles. The minimum absolute atomic E-state index is 0.00156. The molecule has 7 heterocycles. The van der Waals surface area contributed by atoms with Crippen molar-refractivity contribution >= 4 is 74.2 Å². The third-order valence-electron chi connectivity index (χ3n) is 14.9. The van der Waals surface area contributed by atoms with Gasteiger partial charge in [-0.15, -0.1) is 5.10 Å². The van der Waals surface area contributed by atoms with Gasteiger partial charge in [0.25, 0.3) is 0 Å². The molecule has 79 heavy (non-hydrogen) atoms. The molecule has 3 fully saturated rings. The van der Waals surface area contributed by atoms with E-state index in [0.29, 0.717) is 67.3 Å². The predicted molar refractivity (Wildman–Crippen MR) is 297 cm³/mol. The minimum atomic E-state index is -1.02. The number of carbonyl (C=O) groups excluding carboxylic acids is 2. The summed E-state index contributed by atoms with van der Waals surface area (Å²) in [5.41, 5.74) is 5.23. The number of pyridine rings is 1. The van der Waals surface area contributed by atoms with E-state index in [1.807, 2.05) is 45.0 Å². The topological polar surface area (TPSA) is 231 Å². The Hall–Kier alpha value is -7.04. The number of nitrogens with one attached hydrogen (secondary N) is 3. The molecular formula is C56H56Cl3FN12O7. The molecule has 19 nitrogen and oxygen atoms in total. The van der Waals surface area contributed by atoms with E-state index in [9.17, 15) is 19.8 Å². The number of methoxy groups -OCH3 is 1. The fourth-order valence-electron chi connectivity index (χ4n) is 10.8. The number of aliphatic hydroxyl groups is 2. The Labute approximate surface area is 468 Å². The molecule has 23 heteroatoms. The lowest BCUT2D eigenvalue weighted by molar-refractivity contribution is -0.142. The zero-order valence-electron chi connectivity index (χ0n) is 43.4. The molecule has 0 saturated carbocycles. The second kappa shape index (κ2) is 22.6. The number of hydrogen-bond acceptors (Lipinski definition) is 15. The molecule has 0 radical (unpaired) electrons. The Balaban J connectivity index is 0.852. The monoisotopic (exact) mass is 1130 g/mol. The molecule has 4 aromatic carbocycles. The van der Waals surface area contributed by atoms with Gasteiger partial charge in [-0.1, -0.05) is 102 Å². The van der Waals surface area contributed by atoms with E-state index in [1.165, 1.54) is 15.6 Å². The van der Waals surface area contributed by atoms with Crippen LogP contribution in [0.25, 0.3) is 55.4 Å². The van der Waals surface area contributed by atoms with E-state index in [2.05, 4.69) is 41.0 Å². The van der Waals surface area contributed by atoms with Gasteiger partial charge < -0.3 is 44.9 Å². The number of aromatic nitrogens is 8. The van der Waals surface area contributed by atoms with Crippen LogP contribution in [-0.2, 0) is 20.9 Å². The van der Waals surface area contributed by atoms with E-state index in [1.54, 1.807) is 68.2 Å². The normalized spacial score (nSPS) is 19.2. The number of benzene rings is 4. The number of nitrogens with zero attached hydrogens (tertiary/aromatic N) is 9. The number of aliphatic hydroxyl groups excluding tert-OH is 2. The Bertz CT molecular complexity index is 3570. The van der Waals surface area contributed by atoms with Crippen LogP contribution in [0.1, 0.15) is 56.8 Å². The lowest BCUT2D eigenvalue weighted by atomic mass is 9.98. The van der Waals surface area contributed by atoms with Crippen molar-refractivity contribution in [3.05, 3.63) is 123 Å². The van der Waals surface area contributed by atoms with Gasteiger partial charge >= 0.3 is 6.01 Å². The highest BCUT2D eigenvalue weighted by Crippen LogP contribution is 2.50. The average molecular weight is 1130 g/mol. The largest absolute Gasteiger partial charge is 0.486 e. The molecule has 2 bridgehead atoms. The van der Waals surface area contributed by atoms with Crippen LogP contribution in [-0.4, -0.2) is 137 Å². The number of ether oxygens (including phenoxy) is 3. The standard InChI is InChI=1S/C56H56Cl3FN12O7/c1-28(2)51(55(76)71-23-36(74)17-45(71)54(75)64-44(25-73)32-11-13-33(14-12-32)49-39(57)6-5-15-61-49)72-24-43(68-69-72)31-9-7-30(8-10-31)27-78-52-47(46-38-21-63-67-42(38)19-41(60)48(46)59)40(58)18-37-50(52)65-56(79-26-29(3)77-4)66-53(37)70-22-34-16-35(70)20-62-34/h5-15,18-19,21,24,28-29,34-36,44-45,51,62,73-74H,16-17,20,22-23,25-27H2,1-4H3,(H,63,67)(H,64,75)/t29-,34-,35-,36+,44-,45-,51-/m0/s1. The number of piperazine rings is 1. The van der Waals surface area contributed by atoms with Gasteiger partial charge in [-0.2, -0.15) is 15.1 Å². The van der Waals surface area contributed by atoms with Crippen LogP contribution in [0.2, 0.25) is 15.1 Å². The highest BCUT2D eigenvalue weighted by atomic mass is 35.5. The number of β-amino-alcohol motifs (C(OH)–C–C–N with tert-alkyl or cyclic N) is 1. The number of anilines is 1. The number of carbonyl (C=O) groups is 2. The van der Waals surface area contributed by atoms with Gasteiger partial charge in [0.2, 0.25) is 11.8 Å². The molecule has 410 valence electrons. The van der Waals surface area contributed by atoms with E-state index >= 15 is 4.39 Å². The quantitative estimate of drug-likeness (QED) is 0.0546. The second-order valence-electron chi connectivity index (χ2n) is 20.5. The minimum Gasteiger partial charge on any atom is -0.486 e. The van der Waals surface area contributed by atoms with E-state index in [0.717, 1.165) is 24.1 Å². The summed E-state index contributed by atoms with van der Waals surface area (Å²) in [5, 5.41) is 45.3. The molecule has 11 rings (SSSR count). The Morgan fingerprint density at radius 1 is 0.937 bits per heavy atom. The first-order chi connectivity index (χ1) is 38.2. The van der Waals surface area contributed by atoms with Gasteiger partial charge in [-0.25, -0.2) is 9.07 Å². The first kappa shape index (κ1) is 53.9. The van der Waals surface area contributed by atoms with Crippen molar-refractivity contribution in [1.82, 2.24) is 55.7 Å². The third kappa shape index (κ3) is 10.7. The maximum atomic E-state index is 15.7. The lowest BCUT2D eigenvalue weighted by Crippen LogP contribution is -2.50. The van der Waals surface area contributed by atoms with Crippen molar-refractivity contribution in [2.75, 3.05) is 44.9 Å². The molecule has 8 aromatic rings. The molecule has 3 aliphatic rings. The summed E-state index contributed by atoms with van der Waals surface area (Å²) >= 11 is 20.5. The van der Waals surface area contributed by atoms with Crippen LogP contribution < -0.4 is 25.0 Å². The first-order valence-corrected chi connectivity index (χ1v) is 27.1. The molecule has 3 aliphatic heterocycles. The van der Waals surface area contributed by atoms with Crippen molar-refractivity contribution in [1.29, 1.82) is 0 Å². The van der Waals surface area contributed by atoms with Crippen molar-refractivity contribution in [2.45, 2.75) is 82.6 Å². The maximum Gasteiger partial charge on any atom is 0.319 e. The molecule has 0 aliphatic carbocycles. The van der Waals surface area contributed by atoms with Crippen molar-refractivity contribution in [3.63, 3.8) is 0 Å². The summed E-state index contributed by atoms with van der Waals surface area (Å²) in [7, 11) is 1.60. The Kier molecular flexibility index (Phi) is 15.4. The average Bonchev–Trinajstić information content (AvgIpc) is 4.47. The van der Waals surface area contributed by atoms with Crippen molar-refractivity contribution < 1.29 is 38.4 Å². The van der Waals surface area contributed by atoms with Gasteiger partial charge in [0.05, 0.1) is 63.5 Å². The number of fused-ring (bicyclic) bond motifs is 4. The van der Waals surface area contributed by atoms with E-state index in [-0.39, 0.29) is 77.7 Å². The predicted octanol–water partition coefficient (Wildman–Crippen LogP) is 8.14.